The van der Waals surface area contributed by atoms with Crippen LogP contribution in [0.2, 0.25) is 0 Å². The molecule has 0 heterocycles. The minimum Gasteiger partial charge on any atom is -0.462 e. The molecule has 31 heavy (non-hydrogen) atoms. The van der Waals surface area contributed by atoms with E-state index in [9.17, 15) is 19.5 Å². The van der Waals surface area contributed by atoms with Crippen molar-refractivity contribution < 1.29 is 24.2 Å². The zero-order valence-corrected chi connectivity index (χ0v) is 19.9. The van der Waals surface area contributed by atoms with E-state index >= 15 is 0 Å². The van der Waals surface area contributed by atoms with Gasteiger partial charge in [0.2, 0.25) is 0 Å². The van der Waals surface area contributed by atoms with Crippen molar-refractivity contribution in [3.63, 3.8) is 0 Å². The van der Waals surface area contributed by atoms with Gasteiger partial charge in [-0.15, -0.1) is 0 Å². The number of fused-ring (bicyclic) bond motifs is 5. The second-order valence-corrected chi connectivity index (χ2v) is 12.2. The number of rotatable bonds is 3. The van der Waals surface area contributed by atoms with Crippen LogP contribution in [0.15, 0.2) is 11.6 Å². The van der Waals surface area contributed by atoms with Gasteiger partial charge in [-0.2, -0.15) is 0 Å². The molecule has 5 nitrogen and oxygen atoms in total. The van der Waals surface area contributed by atoms with Crippen molar-refractivity contribution in [2.45, 2.75) is 91.8 Å². The Morgan fingerprint density at radius 2 is 1.77 bits per heavy atom. The zero-order valence-electron chi connectivity index (χ0n) is 19.9. The van der Waals surface area contributed by atoms with Crippen molar-refractivity contribution in [3.8, 4) is 0 Å². The van der Waals surface area contributed by atoms with Crippen molar-refractivity contribution in [3.05, 3.63) is 11.6 Å². The number of ether oxygens (including phenoxy) is 1. The van der Waals surface area contributed by atoms with Gasteiger partial charge in [0.05, 0.1) is 16.9 Å². The molecule has 0 bridgehead atoms. The van der Waals surface area contributed by atoms with E-state index < -0.39 is 34.4 Å². The van der Waals surface area contributed by atoms with Crippen LogP contribution in [0.3, 0.4) is 0 Å². The number of hydrogen-bond donors (Lipinski definition) is 1. The highest BCUT2D eigenvalue weighted by molar-refractivity contribution is 5.84. The summed E-state index contributed by atoms with van der Waals surface area (Å²) in [4.78, 5) is 36.2. The summed E-state index contributed by atoms with van der Waals surface area (Å²) in [7, 11) is 0. The van der Waals surface area contributed by atoms with E-state index in [0.717, 1.165) is 32.0 Å². The first kappa shape index (κ1) is 22.7. The van der Waals surface area contributed by atoms with E-state index in [0.29, 0.717) is 24.2 Å². The van der Waals surface area contributed by atoms with Gasteiger partial charge in [-0.25, -0.2) is 0 Å². The quantitative estimate of drug-likeness (QED) is 0.534. The van der Waals surface area contributed by atoms with Gasteiger partial charge in [0.25, 0.3) is 0 Å². The second-order valence-electron chi connectivity index (χ2n) is 12.2. The molecule has 3 fully saturated rings. The minimum absolute atomic E-state index is 0.00133. The van der Waals surface area contributed by atoms with Crippen molar-refractivity contribution in [1.82, 2.24) is 0 Å². The molecule has 1 N–H and O–H groups in total. The van der Waals surface area contributed by atoms with Gasteiger partial charge in [0.1, 0.15) is 18.7 Å². The highest BCUT2D eigenvalue weighted by Crippen LogP contribution is 2.74. The van der Waals surface area contributed by atoms with Crippen molar-refractivity contribution in [1.29, 1.82) is 0 Å². The molecule has 4 aliphatic carbocycles. The number of carbonyl (C=O) groups is 3. The smallest absolute Gasteiger partial charge is 0.302 e. The third-order valence-corrected chi connectivity index (χ3v) is 10.6. The summed E-state index contributed by atoms with van der Waals surface area (Å²) in [6.07, 6.45) is 8.37. The lowest BCUT2D eigenvalue weighted by Crippen LogP contribution is -2.72. The Morgan fingerprint density at radius 3 is 2.35 bits per heavy atom. The molecule has 0 aromatic rings. The van der Waals surface area contributed by atoms with Crippen LogP contribution in [0.4, 0.5) is 0 Å². The Labute approximate surface area is 186 Å². The third kappa shape index (κ3) is 2.62. The van der Waals surface area contributed by atoms with Crippen LogP contribution in [0.5, 0.6) is 0 Å². The number of allylic oxidation sites excluding steroid dienone is 1. The number of aliphatic hydroxyl groups is 1. The Balaban J connectivity index is 1.92. The first-order valence-corrected chi connectivity index (χ1v) is 11.8. The van der Waals surface area contributed by atoms with Crippen LogP contribution in [0, 0.1) is 39.4 Å². The van der Waals surface area contributed by atoms with Crippen LogP contribution in [-0.4, -0.2) is 35.4 Å². The van der Waals surface area contributed by atoms with E-state index in [1.165, 1.54) is 13.3 Å². The van der Waals surface area contributed by atoms with E-state index in [4.69, 9.17) is 4.74 Å². The Hall–Kier alpha value is -1.49. The highest BCUT2D eigenvalue weighted by atomic mass is 16.5. The lowest BCUT2D eigenvalue weighted by Gasteiger charge is -2.70. The average molecular weight is 431 g/mol. The SMILES string of the molecule is CC(=O)OC1CC2[C@@]3(C)CCCC(C)(C)C3CC[C@@]2(C)[C@]2(O)C=C(C=O)C(C=O)[C@@]12C. The first-order chi connectivity index (χ1) is 14.3. The van der Waals surface area contributed by atoms with E-state index in [1.54, 1.807) is 6.08 Å². The Morgan fingerprint density at radius 1 is 1.10 bits per heavy atom. The lowest BCUT2D eigenvalue weighted by molar-refractivity contribution is -0.281. The first-order valence-electron chi connectivity index (χ1n) is 11.8. The number of hydrogen-bond acceptors (Lipinski definition) is 5. The van der Waals surface area contributed by atoms with Gasteiger partial charge in [-0.05, 0) is 60.8 Å². The maximum absolute atomic E-state index is 12.5. The fourth-order valence-electron chi connectivity index (χ4n) is 9.09. The second kappa shape index (κ2) is 6.76. The number of esters is 1. The fraction of sp³-hybridized carbons (Fsp3) is 0.808. The van der Waals surface area contributed by atoms with Crippen LogP contribution >= 0.6 is 0 Å². The Bertz CT molecular complexity index is 845. The summed E-state index contributed by atoms with van der Waals surface area (Å²) in [5, 5.41) is 12.5. The maximum Gasteiger partial charge on any atom is 0.302 e. The molecule has 4 aliphatic rings. The molecular weight excluding hydrogens is 392 g/mol. The molecule has 0 aromatic heterocycles. The van der Waals surface area contributed by atoms with Crippen LogP contribution in [0.1, 0.15) is 80.1 Å². The Kier molecular flexibility index (Phi) is 4.95. The van der Waals surface area contributed by atoms with E-state index in [-0.39, 0.29) is 16.7 Å². The fourth-order valence-corrected chi connectivity index (χ4v) is 9.09. The lowest BCUT2D eigenvalue weighted by atomic mass is 9.35. The predicted octanol–water partition coefficient (Wildman–Crippen LogP) is 4.26. The summed E-state index contributed by atoms with van der Waals surface area (Å²) in [5.41, 5.74) is -2.44. The molecule has 8 atom stereocenters. The van der Waals surface area contributed by atoms with Crippen molar-refractivity contribution in [2.75, 3.05) is 0 Å². The zero-order chi connectivity index (χ0) is 23.0. The molecule has 0 aromatic carbocycles. The van der Waals surface area contributed by atoms with Gasteiger partial charge in [0.15, 0.2) is 0 Å². The third-order valence-electron chi connectivity index (χ3n) is 10.6. The molecule has 0 aliphatic heterocycles. The summed E-state index contributed by atoms with van der Waals surface area (Å²) in [6.45, 7) is 12.5. The summed E-state index contributed by atoms with van der Waals surface area (Å²) < 4.78 is 5.86. The molecule has 0 saturated heterocycles. The largest absolute Gasteiger partial charge is 0.462 e. The van der Waals surface area contributed by atoms with Crippen LogP contribution in [0.25, 0.3) is 0 Å². The van der Waals surface area contributed by atoms with Crippen LogP contribution < -0.4 is 0 Å². The van der Waals surface area contributed by atoms with E-state index in [2.05, 4.69) is 27.7 Å². The van der Waals surface area contributed by atoms with E-state index in [1.807, 2.05) is 6.92 Å². The topological polar surface area (TPSA) is 80.7 Å². The maximum atomic E-state index is 12.5. The van der Waals surface area contributed by atoms with Gasteiger partial charge >= 0.3 is 5.97 Å². The summed E-state index contributed by atoms with van der Waals surface area (Å²) in [6, 6.07) is 0. The summed E-state index contributed by atoms with van der Waals surface area (Å²) >= 11 is 0. The number of aldehydes is 2. The standard InChI is InChI=1S/C26H38O5/c1-16(29)31-21-12-20-23(4)10-7-9-22(2,3)19(23)8-11-24(20,5)26(30)13-17(14-27)18(15-28)25(21,26)6/h13-15,18-21,30H,7-12H2,1-6H3/t18?,19?,20?,21?,23-,24+,25-,26+/m0/s1. The minimum atomic E-state index is -1.40. The molecule has 3 saturated carbocycles. The van der Waals surface area contributed by atoms with Gasteiger partial charge < -0.3 is 14.6 Å². The monoisotopic (exact) mass is 430 g/mol. The van der Waals surface area contributed by atoms with Crippen molar-refractivity contribution in [2.24, 2.45) is 39.4 Å². The van der Waals surface area contributed by atoms with Crippen LogP contribution in [-0.2, 0) is 19.1 Å². The predicted molar refractivity (Wildman–Crippen MR) is 117 cm³/mol. The van der Waals surface area contributed by atoms with Gasteiger partial charge in [-0.3, -0.25) is 9.59 Å². The molecule has 172 valence electrons. The molecule has 4 unspecified atom stereocenters. The normalized spacial score (nSPS) is 50.4. The summed E-state index contributed by atoms with van der Waals surface area (Å²) in [5.74, 6) is -0.556. The molecule has 4 rings (SSSR count). The number of carbonyl (C=O) groups excluding carboxylic acids is 3. The average Bonchev–Trinajstić information content (AvgIpc) is 2.91. The molecular formula is C26H38O5. The van der Waals surface area contributed by atoms with Gasteiger partial charge in [-0.1, -0.05) is 41.0 Å². The molecule has 0 amide bonds. The highest BCUT2D eigenvalue weighted by Gasteiger charge is 2.76. The molecule has 5 heteroatoms. The van der Waals surface area contributed by atoms with Gasteiger partial charge in [0, 0.05) is 17.9 Å². The molecule has 0 radical (unpaired) electrons. The molecule has 0 spiro atoms. The van der Waals surface area contributed by atoms with Crippen molar-refractivity contribution >= 4 is 18.5 Å².